The lowest BCUT2D eigenvalue weighted by Gasteiger charge is -2.24. The summed E-state index contributed by atoms with van der Waals surface area (Å²) < 4.78 is 10.8. The molecule has 0 radical (unpaired) electrons. The first-order chi connectivity index (χ1) is 32.2. The second-order valence-corrected chi connectivity index (χ2v) is 18.2. The summed E-state index contributed by atoms with van der Waals surface area (Å²) >= 11 is 0. The molecule has 8 N–H and O–H groups in total. The van der Waals surface area contributed by atoms with Crippen molar-refractivity contribution in [3.05, 3.63) is 131 Å². The predicted octanol–water partition coefficient (Wildman–Crippen LogP) is 5.81. The number of carbonyl (C=O) groups is 8. The maximum absolute atomic E-state index is 14.1. The summed E-state index contributed by atoms with van der Waals surface area (Å²) in [7, 11) is 0. The number of ether oxygens (including phenoxy) is 2. The van der Waals surface area contributed by atoms with Gasteiger partial charge in [0.15, 0.2) is 11.6 Å². The first kappa shape index (κ1) is 47.7. The van der Waals surface area contributed by atoms with Crippen molar-refractivity contribution >= 4 is 80.6 Å². The Labute approximate surface area is 390 Å². The highest BCUT2D eigenvalue weighted by Crippen LogP contribution is 2.36. The lowest BCUT2D eigenvalue weighted by molar-refractivity contribution is -0.125. The van der Waals surface area contributed by atoms with E-state index in [4.69, 9.17) is 9.47 Å². The Morgan fingerprint density at radius 1 is 0.529 bits per heavy atom. The number of nitrogens with one attached hydrogen (secondary N) is 8. The molecule has 1 aliphatic carbocycles. The quantitative estimate of drug-likeness (QED) is 0.0650. The van der Waals surface area contributed by atoms with Crippen molar-refractivity contribution in [3.63, 3.8) is 0 Å². The highest BCUT2D eigenvalue weighted by Gasteiger charge is 2.35. The number of ketones is 2. The van der Waals surface area contributed by atoms with E-state index in [1.54, 1.807) is 66.1 Å². The van der Waals surface area contributed by atoms with Crippen molar-refractivity contribution in [2.75, 3.05) is 23.7 Å². The van der Waals surface area contributed by atoms with E-state index >= 15 is 0 Å². The molecule has 6 aromatic rings. The summed E-state index contributed by atoms with van der Waals surface area (Å²) in [6, 6.07) is 21.3. The van der Waals surface area contributed by atoms with Crippen molar-refractivity contribution in [1.82, 2.24) is 31.2 Å². The molecule has 2 aromatic heterocycles. The van der Waals surface area contributed by atoms with Gasteiger partial charge in [0.2, 0.25) is 23.6 Å². The molecule has 0 unspecified atom stereocenters. The van der Waals surface area contributed by atoms with E-state index < -0.39 is 83.8 Å². The zero-order valence-electron chi connectivity index (χ0n) is 38.3. The van der Waals surface area contributed by atoms with Crippen molar-refractivity contribution in [1.29, 1.82) is 0 Å². The van der Waals surface area contributed by atoms with Crippen LogP contribution in [0.1, 0.15) is 84.5 Å². The van der Waals surface area contributed by atoms with Crippen molar-refractivity contribution in [3.8, 4) is 0 Å². The van der Waals surface area contributed by atoms with Crippen molar-refractivity contribution in [2.45, 2.75) is 77.7 Å². The van der Waals surface area contributed by atoms with Gasteiger partial charge < -0.3 is 51.3 Å². The number of fused-ring (bicyclic) bond motifs is 4. The van der Waals surface area contributed by atoms with Gasteiger partial charge in [-0.1, -0.05) is 60.7 Å². The molecule has 7 rings (SSSR count). The fraction of sp³-hybridized carbons (Fsp3) is 0.280. The van der Waals surface area contributed by atoms with Crippen LogP contribution in [-0.2, 0) is 41.5 Å². The zero-order valence-corrected chi connectivity index (χ0v) is 38.3. The zero-order chi connectivity index (χ0) is 48.9. The Morgan fingerprint density at radius 2 is 0.897 bits per heavy atom. The summed E-state index contributed by atoms with van der Waals surface area (Å²) in [5, 5.41) is 17.2. The molecule has 0 saturated carbocycles. The first-order valence-corrected chi connectivity index (χ1v) is 21.8. The number of alkyl carbamates (subject to hydrolysis) is 2. The fourth-order valence-corrected chi connectivity index (χ4v) is 7.76. The number of benzene rings is 4. The van der Waals surface area contributed by atoms with E-state index in [-0.39, 0.29) is 46.5 Å². The molecule has 18 nitrogen and oxygen atoms in total. The summed E-state index contributed by atoms with van der Waals surface area (Å²) in [5.41, 5.74) is 0.956. The molecule has 6 amide bonds. The van der Waals surface area contributed by atoms with Crippen LogP contribution in [0.25, 0.3) is 21.8 Å². The molecule has 18 heteroatoms. The Hall–Kier alpha value is -8.28. The minimum Gasteiger partial charge on any atom is -0.444 e. The monoisotopic (exact) mass is 924 g/mol. The van der Waals surface area contributed by atoms with Crippen molar-refractivity contribution < 1.29 is 47.8 Å². The molecule has 4 aromatic carbocycles. The molecule has 352 valence electrons. The molecular weight excluding hydrogens is 873 g/mol. The van der Waals surface area contributed by atoms with E-state index in [2.05, 4.69) is 41.9 Å². The maximum Gasteiger partial charge on any atom is 0.408 e. The molecule has 0 aliphatic heterocycles. The van der Waals surface area contributed by atoms with Crippen LogP contribution in [0.15, 0.2) is 97.3 Å². The Morgan fingerprint density at radius 3 is 1.28 bits per heavy atom. The predicted molar refractivity (Wildman–Crippen MR) is 253 cm³/mol. The number of rotatable bonds is 14. The fourth-order valence-electron chi connectivity index (χ4n) is 7.76. The Balaban J connectivity index is 1.06. The highest BCUT2D eigenvalue weighted by atomic mass is 16.6. The van der Waals surface area contributed by atoms with Crippen molar-refractivity contribution in [2.24, 2.45) is 0 Å². The van der Waals surface area contributed by atoms with Gasteiger partial charge in [-0.05, 0) is 76.9 Å². The normalized spacial score (nSPS) is 13.1. The minimum atomic E-state index is -1.17. The van der Waals surface area contributed by atoms with Crippen LogP contribution in [0.4, 0.5) is 21.0 Å². The molecule has 1 aliphatic rings. The smallest absolute Gasteiger partial charge is 0.408 e. The van der Waals surface area contributed by atoms with Gasteiger partial charge in [0.25, 0.3) is 0 Å². The molecule has 0 saturated heterocycles. The van der Waals surface area contributed by atoms with Gasteiger partial charge in [-0.25, -0.2) is 9.59 Å². The summed E-state index contributed by atoms with van der Waals surface area (Å²) in [5.74, 6) is -4.18. The highest BCUT2D eigenvalue weighted by molar-refractivity contribution is 6.32. The minimum absolute atomic E-state index is 0.0473. The third-order valence-electron chi connectivity index (χ3n) is 10.7. The molecule has 0 bridgehead atoms. The third-order valence-corrected chi connectivity index (χ3v) is 10.7. The van der Waals surface area contributed by atoms with E-state index in [0.29, 0.717) is 0 Å². The number of hydrogen-bond donors (Lipinski definition) is 8. The van der Waals surface area contributed by atoms with Crippen LogP contribution in [0.3, 0.4) is 0 Å². The summed E-state index contributed by atoms with van der Waals surface area (Å²) in [6.45, 7) is 8.88. The van der Waals surface area contributed by atoms with Crippen LogP contribution >= 0.6 is 0 Å². The Bertz CT molecular complexity index is 2780. The number of hydrogen-bond acceptors (Lipinski definition) is 10. The number of anilines is 2. The topological polar surface area (TPSA) is 259 Å². The standard InChI is InChI=1S/C50H52N8O10/c1-49(2,3)67-47(65)57-37(21-27-23-51-33-17-11-9-13-29(27)33)45(63)53-25-39(59)55-35-19-20-36(42-41(35)43(61)31-15-7-8-16-32(31)44(42)62)56-40(60)26-54-46(64)38(58-48(66)68-50(4,5)6)22-28-24-52-34-18-12-10-14-30(28)34/h7-20,23-24,37-38,51-52H,21-22,25-26H2,1-6H3,(H,53,63)(H,54,64)(H,55,59)(H,56,60)(H,57,65)(H,58,66)/t37-,38-/m1/s1. The summed E-state index contributed by atoms with van der Waals surface area (Å²) in [6.07, 6.45) is 1.87. The third kappa shape index (κ3) is 11.4. The van der Waals surface area contributed by atoms with E-state index in [1.807, 2.05) is 48.5 Å². The van der Waals surface area contributed by atoms with Gasteiger partial charge in [0.1, 0.15) is 23.3 Å². The SMILES string of the molecule is CC(C)(C)OC(=O)N[C@H](Cc1c[nH]c2ccccc12)C(=O)NCC(=O)Nc1ccc(NC(=O)CNC(=O)[C@@H](Cc2c[nH]c3ccccc23)NC(=O)OC(C)(C)C)c2c1C(=O)c1ccccc1C2=O. The molecule has 68 heavy (non-hydrogen) atoms. The number of amides is 6. The number of H-pyrrole nitrogens is 2. The number of carbonyl (C=O) groups excluding carboxylic acids is 8. The second kappa shape index (κ2) is 19.7. The largest absolute Gasteiger partial charge is 0.444 e. The molecule has 2 atom stereocenters. The van der Waals surface area contributed by atoms with Crippen LogP contribution in [0, 0.1) is 0 Å². The summed E-state index contributed by atoms with van der Waals surface area (Å²) in [4.78, 5) is 115. The average Bonchev–Trinajstić information content (AvgIpc) is 3.89. The maximum atomic E-state index is 14.1. The first-order valence-electron chi connectivity index (χ1n) is 21.8. The number of aromatic nitrogens is 2. The van der Waals surface area contributed by atoms with Gasteiger partial charge in [-0.2, -0.15) is 0 Å². The number of para-hydroxylation sites is 2. The van der Waals surface area contributed by atoms with E-state index in [9.17, 15) is 38.4 Å². The van der Waals surface area contributed by atoms with Gasteiger partial charge in [-0.3, -0.25) is 28.8 Å². The molecule has 2 heterocycles. The van der Waals surface area contributed by atoms with Crippen LogP contribution in [-0.4, -0.2) is 93.7 Å². The lowest BCUT2D eigenvalue weighted by Crippen LogP contribution is -2.50. The molecule has 0 fully saturated rings. The van der Waals surface area contributed by atoms with Crippen LogP contribution in [0.5, 0.6) is 0 Å². The Kier molecular flexibility index (Phi) is 13.8. The van der Waals surface area contributed by atoms with E-state index in [0.717, 1.165) is 32.9 Å². The number of aromatic amines is 2. The lowest BCUT2D eigenvalue weighted by atomic mass is 9.82. The second-order valence-electron chi connectivity index (χ2n) is 18.2. The van der Waals surface area contributed by atoms with E-state index in [1.165, 1.54) is 24.3 Å². The van der Waals surface area contributed by atoms with Crippen LogP contribution in [0.2, 0.25) is 0 Å². The van der Waals surface area contributed by atoms with Gasteiger partial charge in [0, 0.05) is 58.2 Å². The molecular formula is C50H52N8O10. The van der Waals surface area contributed by atoms with Gasteiger partial charge in [-0.15, -0.1) is 0 Å². The van der Waals surface area contributed by atoms with Crippen LogP contribution < -0.4 is 31.9 Å². The van der Waals surface area contributed by atoms with Gasteiger partial charge in [0.05, 0.1) is 35.6 Å². The average molecular weight is 925 g/mol. The van der Waals surface area contributed by atoms with Gasteiger partial charge >= 0.3 is 12.2 Å². The molecule has 0 spiro atoms.